The van der Waals surface area contributed by atoms with Gasteiger partial charge in [-0.2, -0.15) is 0 Å². The normalized spacial score (nSPS) is 19.9. The van der Waals surface area contributed by atoms with Crippen molar-refractivity contribution in [3.63, 3.8) is 0 Å². The lowest BCUT2D eigenvalue weighted by atomic mass is 10.1. The van der Waals surface area contributed by atoms with E-state index in [0.29, 0.717) is 18.7 Å². The van der Waals surface area contributed by atoms with Crippen LogP contribution in [-0.4, -0.2) is 50.7 Å². The first-order valence-corrected chi connectivity index (χ1v) is 8.44. The standard InChI is InChI=1S/C14H20N2O3S/c1-3-20(18,19)13-6-4-5-12(9-13)14(17)16-8-7-15-11(2)10-16/h4-6,9,11,15H,3,7-8,10H2,1-2H3/t11-/m1/s1. The summed E-state index contributed by atoms with van der Waals surface area (Å²) in [5.74, 6) is -0.0681. The van der Waals surface area contributed by atoms with Crippen molar-refractivity contribution < 1.29 is 13.2 Å². The van der Waals surface area contributed by atoms with Crippen molar-refractivity contribution in [1.82, 2.24) is 10.2 Å². The molecule has 0 radical (unpaired) electrons. The van der Waals surface area contributed by atoms with Crippen LogP contribution in [0.15, 0.2) is 29.2 Å². The third-order valence-electron chi connectivity index (χ3n) is 3.48. The Bertz CT molecular complexity index is 598. The maximum Gasteiger partial charge on any atom is 0.253 e. The predicted molar refractivity (Wildman–Crippen MR) is 77.5 cm³/mol. The summed E-state index contributed by atoms with van der Waals surface area (Å²) in [5.41, 5.74) is 0.439. The molecule has 1 atom stereocenters. The molecule has 1 aromatic rings. The lowest BCUT2D eigenvalue weighted by molar-refractivity contribution is 0.0709. The van der Waals surface area contributed by atoms with Crippen LogP contribution in [0.25, 0.3) is 0 Å². The fourth-order valence-electron chi connectivity index (χ4n) is 2.29. The molecule has 1 aromatic carbocycles. The second kappa shape index (κ2) is 5.93. The number of rotatable bonds is 3. The predicted octanol–water partition coefficient (Wildman–Crippen LogP) is 0.914. The van der Waals surface area contributed by atoms with Gasteiger partial charge in [0.2, 0.25) is 0 Å². The minimum atomic E-state index is -3.28. The molecule has 110 valence electrons. The van der Waals surface area contributed by atoms with Crippen LogP contribution in [0.1, 0.15) is 24.2 Å². The van der Waals surface area contributed by atoms with Gasteiger partial charge in [0.1, 0.15) is 0 Å². The fraction of sp³-hybridized carbons (Fsp3) is 0.500. The van der Waals surface area contributed by atoms with Crippen LogP contribution in [0.4, 0.5) is 0 Å². The zero-order valence-corrected chi connectivity index (χ0v) is 12.6. The molecule has 1 aliphatic rings. The highest BCUT2D eigenvalue weighted by Gasteiger charge is 2.22. The van der Waals surface area contributed by atoms with Gasteiger partial charge in [0, 0.05) is 31.2 Å². The molecular formula is C14H20N2O3S. The number of benzene rings is 1. The topological polar surface area (TPSA) is 66.5 Å². The highest BCUT2D eigenvalue weighted by Crippen LogP contribution is 2.15. The van der Waals surface area contributed by atoms with Crippen LogP contribution in [0.5, 0.6) is 0 Å². The summed E-state index contributed by atoms with van der Waals surface area (Å²) >= 11 is 0. The summed E-state index contributed by atoms with van der Waals surface area (Å²) in [4.78, 5) is 14.4. The third kappa shape index (κ3) is 3.19. The highest BCUT2D eigenvalue weighted by atomic mass is 32.2. The van der Waals surface area contributed by atoms with Crippen LogP contribution in [0.3, 0.4) is 0 Å². The molecule has 20 heavy (non-hydrogen) atoms. The zero-order valence-electron chi connectivity index (χ0n) is 11.8. The maximum absolute atomic E-state index is 12.4. The molecule has 0 unspecified atom stereocenters. The van der Waals surface area contributed by atoms with Crippen LogP contribution in [0, 0.1) is 0 Å². The molecule has 0 aliphatic carbocycles. The number of carbonyl (C=O) groups is 1. The number of nitrogens with one attached hydrogen (secondary N) is 1. The molecule has 1 amide bonds. The van der Waals surface area contributed by atoms with E-state index < -0.39 is 9.84 Å². The number of sulfone groups is 1. The van der Waals surface area contributed by atoms with Gasteiger partial charge in [0.25, 0.3) is 5.91 Å². The van der Waals surface area contributed by atoms with Crippen molar-refractivity contribution in [3.8, 4) is 0 Å². The Morgan fingerprint density at radius 1 is 1.45 bits per heavy atom. The van der Waals surface area contributed by atoms with Crippen molar-refractivity contribution in [3.05, 3.63) is 29.8 Å². The molecule has 1 fully saturated rings. The van der Waals surface area contributed by atoms with Crippen molar-refractivity contribution in [1.29, 1.82) is 0 Å². The van der Waals surface area contributed by atoms with Crippen molar-refractivity contribution in [2.45, 2.75) is 24.8 Å². The zero-order chi connectivity index (χ0) is 14.8. The van der Waals surface area contributed by atoms with Crippen molar-refractivity contribution in [2.75, 3.05) is 25.4 Å². The summed E-state index contributed by atoms with van der Waals surface area (Å²) < 4.78 is 23.7. The van der Waals surface area contributed by atoms with Gasteiger partial charge < -0.3 is 10.2 Å². The fourth-order valence-corrected chi connectivity index (χ4v) is 3.21. The van der Waals surface area contributed by atoms with E-state index in [4.69, 9.17) is 0 Å². The molecule has 1 N–H and O–H groups in total. The van der Waals surface area contributed by atoms with Gasteiger partial charge in [-0.25, -0.2) is 8.42 Å². The quantitative estimate of drug-likeness (QED) is 0.900. The molecular weight excluding hydrogens is 276 g/mol. The van der Waals surface area contributed by atoms with Gasteiger partial charge in [-0.05, 0) is 25.1 Å². The maximum atomic E-state index is 12.4. The Morgan fingerprint density at radius 3 is 2.85 bits per heavy atom. The molecule has 0 spiro atoms. The van der Waals surface area contributed by atoms with E-state index >= 15 is 0 Å². The van der Waals surface area contributed by atoms with Gasteiger partial charge >= 0.3 is 0 Å². The van der Waals surface area contributed by atoms with Gasteiger partial charge in [-0.15, -0.1) is 0 Å². The highest BCUT2D eigenvalue weighted by molar-refractivity contribution is 7.91. The number of carbonyl (C=O) groups excluding carboxylic acids is 1. The smallest absolute Gasteiger partial charge is 0.253 e. The van der Waals surface area contributed by atoms with Crippen molar-refractivity contribution >= 4 is 15.7 Å². The first-order valence-electron chi connectivity index (χ1n) is 6.79. The number of piperazine rings is 1. The van der Waals surface area contributed by atoms with E-state index in [9.17, 15) is 13.2 Å². The van der Waals surface area contributed by atoms with Crippen LogP contribution >= 0.6 is 0 Å². The van der Waals surface area contributed by atoms with E-state index in [1.54, 1.807) is 24.0 Å². The minimum Gasteiger partial charge on any atom is -0.336 e. The van der Waals surface area contributed by atoms with Crippen LogP contribution in [0.2, 0.25) is 0 Å². The third-order valence-corrected chi connectivity index (χ3v) is 5.21. The first-order chi connectivity index (χ1) is 9.44. The van der Waals surface area contributed by atoms with Gasteiger partial charge in [-0.3, -0.25) is 4.79 Å². The Balaban J connectivity index is 2.25. The number of nitrogens with zero attached hydrogens (tertiary/aromatic N) is 1. The minimum absolute atomic E-state index is 0.0370. The Labute approximate surface area is 119 Å². The van der Waals surface area contributed by atoms with E-state index in [1.807, 2.05) is 6.92 Å². The molecule has 1 aliphatic heterocycles. The Kier molecular flexibility index (Phi) is 4.45. The Morgan fingerprint density at radius 2 is 2.20 bits per heavy atom. The summed E-state index contributed by atoms with van der Waals surface area (Å²) in [6.45, 7) is 5.68. The van der Waals surface area contributed by atoms with Crippen LogP contribution < -0.4 is 5.32 Å². The number of hydrogen-bond donors (Lipinski definition) is 1. The molecule has 0 saturated carbocycles. The molecule has 0 aromatic heterocycles. The molecule has 1 saturated heterocycles. The Hall–Kier alpha value is -1.40. The SMILES string of the molecule is CCS(=O)(=O)c1cccc(C(=O)N2CCN[C@H](C)C2)c1. The summed E-state index contributed by atoms with van der Waals surface area (Å²) in [6, 6.07) is 6.57. The molecule has 6 heteroatoms. The van der Waals surface area contributed by atoms with Crippen molar-refractivity contribution in [2.24, 2.45) is 0 Å². The second-order valence-corrected chi connectivity index (χ2v) is 7.32. The average Bonchev–Trinajstić information content (AvgIpc) is 2.46. The number of amides is 1. The molecule has 2 rings (SSSR count). The van der Waals surface area contributed by atoms with Gasteiger partial charge in [0.05, 0.1) is 10.6 Å². The monoisotopic (exact) mass is 296 g/mol. The average molecular weight is 296 g/mol. The summed E-state index contributed by atoms with van der Waals surface area (Å²) in [5, 5.41) is 3.27. The lowest BCUT2D eigenvalue weighted by Gasteiger charge is -2.32. The lowest BCUT2D eigenvalue weighted by Crippen LogP contribution is -2.51. The summed E-state index contributed by atoms with van der Waals surface area (Å²) in [6.07, 6.45) is 0. The van der Waals surface area contributed by atoms with Crippen LogP contribution in [-0.2, 0) is 9.84 Å². The number of hydrogen-bond acceptors (Lipinski definition) is 4. The van der Waals surface area contributed by atoms with E-state index in [0.717, 1.165) is 6.54 Å². The summed E-state index contributed by atoms with van der Waals surface area (Å²) in [7, 11) is -3.28. The van der Waals surface area contributed by atoms with E-state index in [1.165, 1.54) is 12.1 Å². The van der Waals surface area contributed by atoms with E-state index in [-0.39, 0.29) is 22.6 Å². The van der Waals surface area contributed by atoms with E-state index in [2.05, 4.69) is 5.32 Å². The second-order valence-electron chi connectivity index (χ2n) is 5.04. The van der Waals surface area contributed by atoms with Gasteiger partial charge in [-0.1, -0.05) is 13.0 Å². The van der Waals surface area contributed by atoms with Gasteiger partial charge in [0.15, 0.2) is 9.84 Å². The molecule has 5 nitrogen and oxygen atoms in total. The molecule has 1 heterocycles. The first kappa shape index (κ1) is 15.0. The molecule has 0 bridgehead atoms. The largest absolute Gasteiger partial charge is 0.336 e.